The summed E-state index contributed by atoms with van der Waals surface area (Å²) in [6.07, 6.45) is -4.68. The molecule has 3 aromatic carbocycles. The van der Waals surface area contributed by atoms with Crippen molar-refractivity contribution in [1.29, 1.82) is 0 Å². The molecule has 16 heteroatoms. The van der Waals surface area contributed by atoms with E-state index in [-0.39, 0.29) is 33.7 Å². The average Bonchev–Trinajstić information content (AvgIpc) is 3.52. The molecule has 0 aliphatic carbocycles. The summed E-state index contributed by atoms with van der Waals surface area (Å²) in [5.41, 5.74) is -0.284. The molecule has 2 N–H and O–H groups in total. The van der Waals surface area contributed by atoms with Crippen molar-refractivity contribution in [3.63, 3.8) is 0 Å². The Balaban J connectivity index is 1.31. The van der Waals surface area contributed by atoms with Crippen LogP contribution in [0, 0.1) is 5.92 Å². The van der Waals surface area contributed by atoms with E-state index >= 15 is 0 Å². The topological polar surface area (TPSA) is 118 Å². The number of nitrogens with zero attached hydrogens (tertiary/aromatic N) is 1. The number of benzene rings is 3. The number of aromatic amines is 1. The third-order valence-electron chi connectivity index (χ3n) is 7.44. The van der Waals surface area contributed by atoms with Gasteiger partial charge in [-0.25, -0.2) is 4.90 Å². The van der Waals surface area contributed by atoms with Gasteiger partial charge in [0.1, 0.15) is 5.25 Å². The Morgan fingerprint density at radius 1 is 0.979 bits per heavy atom. The molecule has 0 saturated carbocycles. The summed E-state index contributed by atoms with van der Waals surface area (Å²) in [6, 6.07) is 13.4. The monoisotopic (exact) mass is 723 g/mol. The second kappa shape index (κ2) is 12.9. The van der Waals surface area contributed by atoms with Crippen LogP contribution in [-0.2, 0) is 20.6 Å². The van der Waals surface area contributed by atoms with E-state index < -0.39 is 53.2 Å². The molecule has 2 aliphatic heterocycles. The first-order valence-corrected chi connectivity index (χ1v) is 16.4. The molecule has 0 bridgehead atoms. The van der Waals surface area contributed by atoms with Crippen LogP contribution >= 0.6 is 46.3 Å². The minimum absolute atomic E-state index is 0.196. The first kappa shape index (κ1) is 32.9. The molecule has 0 spiro atoms. The number of ether oxygens (including phenoxy) is 2. The molecule has 0 unspecified atom stereocenters. The standard InChI is InChI=1S/C31H22Cl2F3N3O6S2/c1-2-44-21-10-14(6-9-20(21)45-13-22(40)37-16-7-8-18(32)19(33)12-16)23-24-26(46-27-25(23)47-30(43)38-27)29(42)39(28(24)41)17-5-3-4-15(11-17)31(34,35)36/h3-12,23-24,26H,2,13H2,1H3,(H,37,40)(H,38,43)/t23-,24-,26+/m0/s1. The predicted octanol–water partition coefficient (Wildman–Crippen LogP) is 6.97. The van der Waals surface area contributed by atoms with Crippen LogP contribution in [0.25, 0.3) is 0 Å². The maximum absolute atomic E-state index is 14.0. The second-order valence-electron chi connectivity index (χ2n) is 10.4. The number of halogens is 5. The Kier molecular flexibility index (Phi) is 9.04. The maximum atomic E-state index is 14.0. The van der Waals surface area contributed by atoms with Crippen molar-refractivity contribution in [1.82, 2.24) is 4.98 Å². The van der Waals surface area contributed by atoms with Crippen LogP contribution in [0.5, 0.6) is 11.5 Å². The van der Waals surface area contributed by atoms with Gasteiger partial charge in [-0.05, 0) is 61.0 Å². The number of thioether (sulfide) groups is 1. The molecule has 3 atom stereocenters. The van der Waals surface area contributed by atoms with E-state index in [1.54, 1.807) is 31.2 Å². The molecule has 6 rings (SSSR count). The summed E-state index contributed by atoms with van der Waals surface area (Å²) in [4.78, 5) is 56.3. The number of hydrogen-bond acceptors (Lipinski definition) is 8. The van der Waals surface area contributed by atoms with Crippen LogP contribution < -0.4 is 24.6 Å². The summed E-state index contributed by atoms with van der Waals surface area (Å²) in [6.45, 7) is 1.56. The lowest BCUT2D eigenvalue weighted by atomic mass is 9.83. The molecule has 1 saturated heterocycles. The van der Waals surface area contributed by atoms with E-state index in [9.17, 15) is 32.3 Å². The fourth-order valence-corrected chi connectivity index (χ4v) is 8.29. The van der Waals surface area contributed by atoms with Crippen LogP contribution in [0.4, 0.5) is 24.5 Å². The number of carbonyl (C=O) groups excluding carboxylic acids is 3. The third-order valence-corrected chi connectivity index (χ3v) is 10.6. The smallest absolute Gasteiger partial charge is 0.416 e. The van der Waals surface area contributed by atoms with Crippen LogP contribution in [0.1, 0.15) is 28.8 Å². The number of hydrogen-bond donors (Lipinski definition) is 2. The van der Waals surface area contributed by atoms with Gasteiger partial charge in [-0.1, -0.05) is 58.4 Å². The van der Waals surface area contributed by atoms with E-state index in [0.717, 1.165) is 46.2 Å². The molecule has 9 nitrogen and oxygen atoms in total. The highest BCUT2D eigenvalue weighted by atomic mass is 35.5. The number of aromatic nitrogens is 1. The summed E-state index contributed by atoms with van der Waals surface area (Å²) in [5.74, 6) is -3.29. The number of alkyl halides is 3. The molecule has 3 heterocycles. The fourth-order valence-electron chi connectivity index (χ4n) is 5.47. The van der Waals surface area contributed by atoms with Crippen molar-refractivity contribution in [2.45, 2.75) is 29.3 Å². The van der Waals surface area contributed by atoms with Gasteiger partial charge in [0.25, 0.3) is 5.91 Å². The normalized spacial score (nSPS) is 18.9. The van der Waals surface area contributed by atoms with Gasteiger partial charge >= 0.3 is 11.0 Å². The Morgan fingerprint density at radius 3 is 2.49 bits per heavy atom. The Bertz CT molecular complexity index is 1970. The van der Waals surface area contributed by atoms with Gasteiger partial charge in [0.15, 0.2) is 18.1 Å². The lowest BCUT2D eigenvalue weighted by Crippen LogP contribution is -2.32. The number of H-pyrrole nitrogens is 1. The first-order valence-electron chi connectivity index (χ1n) is 13.9. The summed E-state index contributed by atoms with van der Waals surface area (Å²) in [7, 11) is 0. The quantitative estimate of drug-likeness (QED) is 0.189. The number of fused-ring (bicyclic) bond motifs is 2. The molecule has 1 aromatic heterocycles. The van der Waals surface area contributed by atoms with Gasteiger partial charge in [-0.3, -0.25) is 19.2 Å². The first-order chi connectivity index (χ1) is 22.3. The number of carbonyl (C=O) groups is 3. The van der Waals surface area contributed by atoms with Gasteiger partial charge in [0.05, 0.1) is 38.8 Å². The predicted molar refractivity (Wildman–Crippen MR) is 172 cm³/mol. The minimum Gasteiger partial charge on any atom is -0.490 e. The second-order valence-corrected chi connectivity index (χ2v) is 13.4. The molecule has 3 amide bonds. The zero-order chi connectivity index (χ0) is 33.6. The number of thiazole rings is 1. The Morgan fingerprint density at radius 2 is 1.77 bits per heavy atom. The molecule has 2 aliphatic rings. The Hall–Kier alpha value is -3.98. The number of amides is 3. The lowest BCUT2D eigenvalue weighted by molar-refractivity contribution is -0.137. The molecular weight excluding hydrogens is 702 g/mol. The van der Waals surface area contributed by atoms with Crippen molar-refractivity contribution < 1.29 is 37.0 Å². The highest BCUT2D eigenvalue weighted by Gasteiger charge is 2.56. The number of rotatable bonds is 8. The highest BCUT2D eigenvalue weighted by molar-refractivity contribution is 8.00. The zero-order valence-electron chi connectivity index (χ0n) is 24.0. The summed E-state index contributed by atoms with van der Waals surface area (Å²) < 4.78 is 52.0. The minimum atomic E-state index is -4.68. The number of imide groups is 1. The summed E-state index contributed by atoms with van der Waals surface area (Å²) >= 11 is 13.8. The van der Waals surface area contributed by atoms with Crippen LogP contribution in [0.15, 0.2) is 70.5 Å². The van der Waals surface area contributed by atoms with E-state index in [2.05, 4.69) is 10.3 Å². The van der Waals surface area contributed by atoms with E-state index in [1.165, 1.54) is 18.2 Å². The zero-order valence-corrected chi connectivity index (χ0v) is 27.2. The molecule has 4 aromatic rings. The van der Waals surface area contributed by atoms with E-state index in [0.29, 0.717) is 26.2 Å². The van der Waals surface area contributed by atoms with Gasteiger partial charge < -0.3 is 19.8 Å². The molecule has 1 fully saturated rings. The largest absolute Gasteiger partial charge is 0.490 e. The lowest BCUT2D eigenvalue weighted by Gasteiger charge is -2.30. The molecular formula is C31H22Cl2F3N3O6S2. The maximum Gasteiger partial charge on any atom is 0.416 e. The van der Waals surface area contributed by atoms with Gasteiger partial charge in [-0.2, -0.15) is 13.2 Å². The summed E-state index contributed by atoms with van der Waals surface area (Å²) in [5, 5.41) is 2.63. The van der Waals surface area contributed by atoms with Crippen molar-refractivity contribution in [2.24, 2.45) is 5.92 Å². The number of anilines is 2. The van der Waals surface area contributed by atoms with E-state index in [4.69, 9.17) is 32.7 Å². The third kappa shape index (κ3) is 6.47. The van der Waals surface area contributed by atoms with Crippen LogP contribution in [-0.4, -0.2) is 41.2 Å². The SMILES string of the molecule is CCOc1cc([C@@H]2c3sc(=O)[nH]c3S[C@H]3C(=O)N(c4cccc(C(F)(F)F)c4)C(=O)[C@@H]23)ccc1OCC(=O)Nc1ccc(Cl)c(Cl)c1. The van der Waals surface area contributed by atoms with Crippen LogP contribution in [0.3, 0.4) is 0 Å². The molecule has 244 valence electrons. The molecule has 0 radical (unpaired) electrons. The fraction of sp³-hybridized carbons (Fsp3) is 0.226. The highest BCUT2D eigenvalue weighted by Crippen LogP contribution is 2.54. The van der Waals surface area contributed by atoms with Crippen LogP contribution in [0.2, 0.25) is 10.0 Å². The van der Waals surface area contributed by atoms with Gasteiger partial charge in [0.2, 0.25) is 11.8 Å². The molecule has 47 heavy (non-hydrogen) atoms. The van der Waals surface area contributed by atoms with Crippen molar-refractivity contribution >= 4 is 75.4 Å². The average molecular weight is 725 g/mol. The van der Waals surface area contributed by atoms with Gasteiger partial charge in [-0.15, -0.1) is 0 Å². The number of nitrogens with one attached hydrogen (secondary N) is 2. The van der Waals surface area contributed by atoms with Crippen molar-refractivity contribution in [2.75, 3.05) is 23.4 Å². The Labute approximate surface area is 283 Å². The van der Waals surface area contributed by atoms with Crippen molar-refractivity contribution in [3.8, 4) is 11.5 Å². The van der Waals surface area contributed by atoms with Crippen molar-refractivity contribution in [3.05, 3.63) is 96.4 Å². The van der Waals surface area contributed by atoms with Gasteiger partial charge in [0, 0.05) is 16.5 Å². The van der Waals surface area contributed by atoms with E-state index in [1.807, 2.05) is 0 Å².